The summed E-state index contributed by atoms with van der Waals surface area (Å²) >= 11 is 17.9. The monoisotopic (exact) mass is 477 g/mol. The van der Waals surface area contributed by atoms with Crippen molar-refractivity contribution in [1.82, 2.24) is 9.97 Å². The molecule has 4 rings (SSSR count). The minimum absolute atomic E-state index is 0.00815. The summed E-state index contributed by atoms with van der Waals surface area (Å²) in [6.07, 6.45) is -0.217. The van der Waals surface area contributed by atoms with Crippen LogP contribution in [0.4, 0.5) is 23.1 Å². The molecular weight excluding hydrogens is 465 g/mol. The maximum atomic E-state index is 12.9. The van der Waals surface area contributed by atoms with Gasteiger partial charge >= 0.3 is 0 Å². The molecule has 1 atom stereocenters. The Morgan fingerprint density at radius 3 is 2.48 bits per heavy atom. The van der Waals surface area contributed by atoms with Crippen molar-refractivity contribution in [3.8, 4) is 0 Å². The van der Waals surface area contributed by atoms with Crippen molar-refractivity contribution in [2.24, 2.45) is 0 Å². The standard InChI is InChI=1S/C20H14Cl3N5O3/c21-9-1-4-11(5-2-9)24-20-27-17-16(19(31)28-20)12(8-15(29)26-17)18(30)25-14-7-10(22)3-6-13(14)23/h1-7,12H,8H2,(H,25,30)(H3,24,26,27,28,29,31). The Morgan fingerprint density at radius 1 is 1.03 bits per heavy atom. The highest BCUT2D eigenvalue weighted by Gasteiger charge is 2.35. The number of halogens is 3. The molecule has 2 heterocycles. The molecular formula is C20H14Cl3N5O3. The van der Waals surface area contributed by atoms with Gasteiger partial charge in [-0.1, -0.05) is 34.8 Å². The van der Waals surface area contributed by atoms with Gasteiger partial charge in [0.25, 0.3) is 5.56 Å². The highest BCUT2D eigenvalue weighted by atomic mass is 35.5. The summed E-state index contributed by atoms with van der Waals surface area (Å²) in [5.74, 6) is -1.97. The molecule has 8 nitrogen and oxygen atoms in total. The number of H-pyrrole nitrogens is 1. The number of aromatic nitrogens is 2. The Kier molecular flexibility index (Phi) is 5.86. The van der Waals surface area contributed by atoms with E-state index in [-0.39, 0.29) is 34.5 Å². The van der Waals surface area contributed by atoms with Crippen molar-refractivity contribution in [2.45, 2.75) is 12.3 Å². The van der Waals surface area contributed by atoms with Crippen LogP contribution in [0, 0.1) is 0 Å². The fourth-order valence-corrected chi connectivity index (χ4v) is 3.60. The first kappa shape index (κ1) is 21.2. The second-order valence-electron chi connectivity index (χ2n) is 6.73. The fraction of sp³-hybridized carbons (Fsp3) is 0.100. The maximum Gasteiger partial charge on any atom is 0.258 e. The Hall–Kier alpha value is -3.07. The molecule has 2 aromatic carbocycles. The summed E-state index contributed by atoms with van der Waals surface area (Å²) in [7, 11) is 0. The van der Waals surface area contributed by atoms with Gasteiger partial charge in [0.15, 0.2) is 0 Å². The van der Waals surface area contributed by atoms with Crippen molar-refractivity contribution < 1.29 is 9.59 Å². The molecule has 3 aromatic rings. The zero-order chi connectivity index (χ0) is 22.1. The summed E-state index contributed by atoms with van der Waals surface area (Å²) in [6.45, 7) is 0. The number of aromatic amines is 1. The van der Waals surface area contributed by atoms with Gasteiger partial charge in [-0.05, 0) is 42.5 Å². The first-order chi connectivity index (χ1) is 14.8. The molecule has 11 heteroatoms. The summed E-state index contributed by atoms with van der Waals surface area (Å²) in [6, 6.07) is 11.3. The van der Waals surface area contributed by atoms with E-state index in [2.05, 4.69) is 25.9 Å². The molecule has 0 fully saturated rings. The third kappa shape index (κ3) is 4.66. The first-order valence-corrected chi connectivity index (χ1v) is 10.2. The van der Waals surface area contributed by atoms with Gasteiger partial charge in [-0.2, -0.15) is 4.98 Å². The number of benzene rings is 2. The SMILES string of the molecule is O=C1CC(C(=O)Nc2cc(Cl)ccc2Cl)c2c(nc(Nc3ccc(Cl)cc3)[nH]c2=O)N1. The minimum Gasteiger partial charge on any atom is -0.326 e. The van der Waals surface area contributed by atoms with Crippen LogP contribution in [0.1, 0.15) is 17.9 Å². The Bertz CT molecular complexity index is 1240. The zero-order valence-electron chi connectivity index (χ0n) is 15.6. The average Bonchev–Trinajstić information content (AvgIpc) is 2.71. The fourth-order valence-electron chi connectivity index (χ4n) is 3.14. The molecule has 158 valence electrons. The molecule has 1 aliphatic rings. The lowest BCUT2D eigenvalue weighted by Crippen LogP contribution is -2.36. The van der Waals surface area contributed by atoms with Crippen molar-refractivity contribution >= 4 is 69.8 Å². The summed E-state index contributed by atoms with van der Waals surface area (Å²) < 4.78 is 0. The molecule has 31 heavy (non-hydrogen) atoms. The van der Waals surface area contributed by atoms with E-state index in [1.165, 1.54) is 12.1 Å². The predicted molar refractivity (Wildman–Crippen MR) is 121 cm³/mol. The quantitative estimate of drug-likeness (QED) is 0.439. The maximum absolute atomic E-state index is 12.9. The molecule has 0 radical (unpaired) electrons. The van der Waals surface area contributed by atoms with E-state index in [1.807, 2.05) is 0 Å². The third-order valence-corrected chi connectivity index (χ3v) is 5.38. The number of carbonyl (C=O) groups is 2. The predicted octanol–water partition coefficient (Wildman–Crippen LogP) is 4.54. The third-order valence-electron chi connectivity index (χ3n) is 4.56. The van der Waals surface area contributed by atoms with Gasteiger partial charge in [0, 0.05) is 22.2 Å². The van der Waals surface area contributed by atoms with Crippen LogP contribution in [0.25, 0.3) is 0 Å². The lowest BCUT2D eigenvalue weighted by molar-refractivity contribution is -0.123. The van der Waals surface area contributed by atoms with Gasteiger partial charge in [-0.25, -0.2) is 0 Å². The molecule has 1 aliphatic heterocycles. The average molecular weight is 479 g/mol. The number of amides is 2. The van der Waals surface area contributed by atoms with E-state index in [1.54, 1.807) is 30.3 Å². The van der Waals surface area contributed by atoms with E-state index in [4.69, 9.17) is 34.8 Å². The Balaban J connectivity index is 1.65. The van der Waals surface area contributed by atoms with Crippen LogP contribution in [-0.2, 0) is 9.59 Å². The van der Waals surface area contributed by atoms with Crippen molar-refractivity contribution in [3.05, 3.63) is 73.4 Å². The highest BCUT2D eigenvalue weighted by molar-refractivity contribution is 6.35. The Labute approximate surface area is 190 Å². The smallest absolute Gasteiger partial charge is 0.258 e. The lowest BCUT2D eigenvalue weighted by Gasteiger charge is -2.24. The molecule has 0 aliphatic carbocycles. The molecule has 0 saturated heterocycles. The molecule has 0 spiro atoms. The molecule has 0 saturated carbocycles. The minimum atomic E-state index is -1.06. The van der Waals surface area contributed by atoms with Gasteiger partial charge < -0.3 is 16.0 Å². The lowest BCUT2D eigenvalue weighted by atomic mass is 9.92. The van der Waals surface area contributed by atoms with Crippen LogP contribution in [0.15, 0.2) is 47.3 Å². The van der Waals surface area contributed by atoms with Crippen LogP contribution in [0.2, 0.25) is 15.1 Å². The highest BCUT2D eigenvalue weighted by Crippen LogP contribution is 2.32. The number of nitrogens with one attached hydrogen (secondary N) is 4. The number of carbonyl (C=O) groups excluding carboxylic acids is 2. The zero-order valence-corrected chi connectivity index (χ0v) is 17.9. The number of nitrogens with zero attached hydrogens (tertiary/aromatic N) is 1. The van der Waals surface area contributed by atoms with Crippen molar-refractivity contribution in [1.29, 1.82) is 0 Å². The van der Waals surface area contributed by atoms with Crippen molar-refractivity contribution in [3.63, 3.8) is 0 Å². The van der Waals surface area contributed by atoms with Gasteiger partial charge in [-0.3, -0.25) is 19.4 Å². The molecule has 2 amide bonds. The summed E-state index contributed by atoms with van der Waals surface area (Å²) in [5, 5.41) is 9.30. The van der Waals surface area contributed by atoms with E-state index in [0.717, 1.165) is 0 Å². The number of hydrogen-bond acceptors (Lipinski definition) is 5. The van der Waals surface area contributed by atoms with Crippen LogP contribution in [-0.4, -0.2) is 21.8 Å². The van der Waals surface area contributed by atoms with Gasteiger partial charge in [0.1, 0.15) is 5.82 Å². The van der Waals surface area contributed by atoms with E-state index in [0.29, 0.717) is 15.7 Å². The normalized spacial score (nSPS) is 15.1. The van der Waals surface area contributed by atoms with Crippen molar-refractivity contribution in [2.75, 3.05) is 16.0 Å². The molecule has 1 aromatic heterocycles. The Morgan fingerprint density at radius 2 is 1.74 bits per heavy atom. The second kappa shape index (κ2) is 8.58. The molecule has 0 bridgehead atoms. The number of hydrogen-bond donors (Lipinski definition) is 4. The van der Waals surface area contributed by atoms with Crippen LogP contribution in [0.5, 0.6) is 0 Å². The summed E-state index contributed by atoms with van der Waals surface area (Å²) in [5.41, 5.74) is 0.396. The largest absolute Gasteiger partial charge is 0.326 e. The molecule has 1 unspecified atom stereocenters. The second-order valence-corrected chi connectivity index (χ2v) is 8.01. The van der Waals surface area contributed by atoms with Gasteiger partial charge in [0.05, 0.1) is 22.2 Å². The number of fused-ring (bicyclic) bond motifs is 1. The van der Waals surface area contributed by atoms with E-state index in [9.17, 15) is 14.4 Å². The van der Waals surface area contributed by atoms with E-state index >= 15 is 0 Å². The number of rotatable bonds is 4. The van der Waals surface area contributed by atoms with Crippen LogP contribution in [0.3, 0.4) is 0 Å². The van der Waals surface area contributed by atoms with E-state index < -0.39 is 23.3 Å². The summed E-state index contributed by atoms with van der Waals surface area (Å²) in [4.78, 5) is 44.7. The molecule has 4 N–H and O–H groups in total. The van der Waals surface area contributed by atoms with Crippen LogP contribution < -0.4 is 21.5 Å². The topological polar surface area (TPSA) is 116 Å². The van der Waals surface area contributed by atoms with Crippen LogP contribution >= 0.6 is 34.8 Å². The van der Waals surface area contributed by atoms with Gasteiger partial charge in [-0.15, -0.1) is 0 Å². The first-order valence-electron chi connectivity index (χ1n) is 9.03. The van der Waals surface area contributed by atoms with Gasteiger partial charge in [0.2, 0.25) is 17.8 Å². The number of anilines is 4.